The van der Waals surface area contributed by atoms with Gasteiger partial charge in [-0.15, -0.1) is 0 Å². The van der Waals surface area contributed by atoms with Crippen LogP contribution < -0.4 is 5.32 Å². The molecule has 1 unspecified atom stereocenters. The molecule has 0 fully saturated rings. The molecule has 20 heavy (non-hydrogen) atoms. The SMILES string of the molecule is CCn1nc(CC(C)CNCC(C)C)c2ccccc21. The molecule has 2 rings (SSSR count). The van der Waals surface area contributed by atoms with E-state index in [0.29, 0.717) is 11.8 Å². The fourth-order valence-corrected chi connectivity index (χ4v) is 2.61. The van der Waals surface area contributed by atoms with Crippen LogP contribution in [0.4, 0.5) is 0 Å². The van der Waals surface area contributed by atoms with Crippen LogP contribution in [0.2, 0.25) is 0 Å². The average Bonchev–Trinajstić information content (AvgIpc) is 2.77. The lowest BCUT2D eigenvalue weighted by Gasteiger charge is -2.13. The third-order valence-corrected chi connectivity index (χ3v) is 3.62. The second-order valence-electron chi connectivity index (χ2n) is 6.14. The lowest BCUT2D eigenvalue weighted by atomic mass is 10.0. The number of benzene rings is 1. The molecule has 0 saturated carbocycles. The molecule has 1 N–H and O–H groups in total. The van der Waals surface area contributed by atoms with Crippen LogP contribution in [0, 0.1) is 11.8 Å². The molecule has 1 aromatic heterocycles. The van der Waals surface area contributed by atoms with Crippen molar-refractivity contribution in [2.45, 2.75) is 40.7 Å². The molecule has 3 heteroatoms. The van der Waals surface area contributed by atoms with Gasteiger partial charge in [0.15, 0.2) is 0 Å². The highest BCUT2D eigenvalue weighted by atomic mass is 15.3. The number of nitrogens with zero attached hydrogens (tertiary/aromatic N) is 2. The standard InChI is InChI=1S/C17H27N3/c1-5-20-17-9-7-6-8-15(17)16(19-20)10-14(4)12-18-11-13(2)3/h6-9,13-14,18H,5,10-12H2,1-4H3. The summed E-state index contributed by atoms with van der Waals surface area (Å²) < 4.78 is 2.11. The van der Waals surface area contributed by atoms with Crippen LogP contribution >= 0.6 is 0 Å². The van der Waals surface area contributed by atoms with E-state index < -0.39 is 0 Å². The summed E-state index contributed by atoms with van der Waals surface area (Å²) in [5.74, 6) is 1.32. The monoisotopic (exact) mass is 273 g/mol. The van der Waals surface area contributed by atoms with Gasteiger partial charge in [0, 0.05) is 11.9 Å². The Kier molecular flexibility index (Phi) is 5.18. The van der Waals surface area contributed by atoms with Crippen molar-refractivity contribution in [3.63, 3.8) is 0 Å². The maximum Gasteiger partial charge on any atom is 0.0706 e. The largest absolute Gasteiger partial charge is 0.316 e. The summed E-state index contributed by atoms with van der Waals surface area (Å²) >= 11 is 0. The van der Waals surface area contributed by atoms with Gasteiger partial charge in [-0.1, -0.05) is 39.0 Å². The Morgan fingerprint density at radius 3 is 2.60 bits per heavy atom. The summed E-state index contributed by atoms with van der Waals surface area (Å²) in [7, 11) is 0. The fourth-order valence-electron chi connectivity index (χ4n) is 2.61. The third-order valence-electron chi connectivity index (χ3n) is 3.62. The second-order valence-corrected chi connectivity index (χ2v) is 6.14. The van der Waals surface area contributed by atoms with Crippen LogP contribution in [0.3, 0.4) is 0 Å². The molecule has 0 amide bonds. The van der Waals surface area contributed by atoms with E-state index in [1.165, 1.54) is 16.6 Å². The maximum absolute atomic E-state index is 4.78. The molecule has 1 aromatic carbocycles. The first-order chi connectivity index (χ1) is 9.61. The van der Waals surface area contributed by atoms with Gasteiger partial charge in [-0.25, -0.2) is 0 Å². The Labute approximate surface area is 122 Å². The molecular weight excluding hydrogens is 246 g/mol. The predicted octanol–water partition coefficient (Wildman–Crippen LogP) is 3.48. The zero-order valence-electron chi connectivity index (χ0n) is 13.2. The third kappa shape index (κ3) is 3.60. The summed E-state index contributed by atoms with van der Waals surface area (Å²) in [4.78, 5) is 0. The molecular formula is C17H27N3. The van der Waals surface area contributed by atoms with Crippen molar-refractivity contribution >= 4 is 10.9 Å². The van der Waals surface area contributed by atoms with Crippen LogP contribution in [0.25, 0.3) is 10.9 Å². The van der Waals surface area contributed by atoms with Gasteiger partial charge in [-0.2, -0.15) is 5.10 Å². The van der Waals surface area contributed by atoms with E-state index in [4.69, 9.17) is 5.10 Å². The molecule has 0 aliphatic rings. The molecule has 0 aliphatic heterocycles. The van der Waals surface area contributed by atoms with E-state index in [-0.39, 0.29) is 0 Å². The van der Waals surface area contributed by atoms with Crippen molar-refractivity contribution in [2.75, 3.05) is 13.1 Å². The molecule has 3 nitrogen and oxygen atoms in total. The van der Waals surface area contributed by atoms with Crippen molar-refractivity contribution in [3.8, 4) is 0 Å². The number of hydrogen-bond donors (Lipinski definition) is 1. The summed E-state index contributed by atoms with van der Waals surface area (Å²) in [6, 6.07) is 8.55. The Bertz CT molecular complexity index is 542. The second kappa shape index (κ2) is 6.89. The fraction of sp³-hybridized carbons (Fsp3) is 0.588. The van der Waals surface area contributed by atoms with Gasteiger partial charge in [0.25, 0.3) is 0 Å². The molecule has 0 radical (unpaired) electrons. The highest BCUT2D eigenvalue weighted by Crippen LogP contribution is 2.20. The van der Waals surface area contributed by atoms with Crippen LogP contribution in [0.1, 0.15) is 33.4 Å². The minimum Gasteiger partial charge on any atom is -0.316 e. The summed E-state index contributed by atoms with van der Waals surface area (Å²) in [6.07, 6.45) is 1.04. The molecule has 1 heterocycles. The van der Waals surface area contributed by atoms with E-state index in [1.54, 1.807) is 0 Å². The van der Waals surface area contributed by atoms with Gasteiger partial charge >= 0.3 is 0 Å². The number of para-hydroxylation sites is 1. The smallest absolute Gasteiger partial charge is 0.0706 e. The number of aryl methyl sites for hydroxylation is 1. The van der Waals surface area contributed by atoms with Gasteiger partial charge in [-0.3, -0.25) is 4.68 Å². The highest BCUT2D eigenvalue weighted by Gasteiger charge is 2.12. The summed E-state index contributed by atoms with van der Waals surface area (Å²) in [5, 5.41) is 9.63. The van der Waals surface area contributed by atoms with Crippen molar-refractivity contribution in [1.82, 2.24) is 15.1 Å². The van der Waals surface area contributed by atoms with Crippen LogP contribution in [-0.2, 0) is 13.0 Å². The molecule has 0 spiro atoms. The zero-order valence-corrected chi connectivity index (χ0v) is 13.2. The first-order valence-corrected chi connectivity index (χ1v) is 7.77. The number of nitrogens with one attached hydrogen (secondary N) is 1. The van der Waals surface area contributed by atoms with E-state index >= 15 is 0 Å². The maximum atomic E-state index is 4.78. The minimum atomic E-state index is 0.609. The number of aromatic nitrogens is 2. The Morgan fingerprint density at radius 1 is 1.15 bits per heavy atom. The first kappa shape index (κ1) is 15.0. The van der Waals surface area contributed by atoms with Crippen LogP contribution in [0.5, 0.6) is 0 Å². The topological polar surface area (TPSA) is 29.9 Å². The lowest BCUT2D eigenvalue weighted by Crippen LogP contribution is -2.26. The Hall–Kier alpha value is -1.35. The van der Waals surface area contributed by atoms with Gasteiger partial charge < -0.3 is 5.32 Å². The van der Waals surface area contributed by atoms with E-state index in [9.17, 15) is 0 Å². The number of fused-ring (bicyclic) bond motifs is 1. The van der Waals surface area contributed by atoms with E-state index in [0.717, 1.165) is 26.1 Å². The first-order valence-electron chi connectivity index (χ1n) is 7.77. The van der Waals surface area contributed by atoms with Gasteiger partial charge in [0.2, 0.25) is 0 Å². The lowest BCUT2D eigenvalue weighted by molar-refractivity contribution is 0.469. The molecule has 2 aromatic rings. The van der Waals surface area contributed by atoms with E-state index in [2.05, 4.69) is 62.0 Å². The molecule has 1 atom stereocenters. The molecule has 0 saturated heterocycles. The average molecular weight is 273 g/mol. The normalized spacial score (nSPS) is 13.2. The van der Waals surface area contributed by atoms with Crippen molar-refractivity contribution < 1.29 is 0 Å². The summed E-state index contributed by atoms with van der Waals surface area (Å²) in [6.45, 7) is 12.0. The Balaban J connectivity index is 2.05. The zero-order chi connectivity index (χ0) is 14.5. The molecule has 110 valence electrons. The van der Waals surface area contributed by atoms with Crippen molar-refractivity contribution in [2.24, 2.45) is 11.8 Å². The Morgan fingerprint density at radius 2 is 1.90 bits per heavy atom. The summed E-state index contributed by atoms with van der Waals surface area (Å²) in [5.41, 5.74) is 2.49. The number of rotatable bonds is 7. The van der Waals surface area contributed by atoms with Crippen LogP contribution in [0.15, 0.2) is 24.3 Å². The van der Waals surface area contributed by atoms with Crippen LogP contribution in [-0.4, -0.2) is 22.9 Å². The van der Waals surface area contributed by atoms with E-state index in [1.807, 2.05) is 0 Å². The molecule has 0 bridgehead atoms. The quantitative estimate of drug-likeness (QED) is 0.837. The minimum absolute atomic E-state index is 0.609. The highest BCUT2D eigenvalue weighted by molar-refractivity contribution is 5.81. The van der Waals surface area contributed by atoms with Crippen molar-refractivity contribution in [1.29, 1.82) is 0 Å². The predicted molar refractivity (Wildman–Crippen MR) is 86.0 cm³/mol. The van der Waals surface area contributed by atoms with Crippen molar-refractivity contribution in [3.05, 3.63) is 30.0 Å². The van der Waals surface area contributed by atoms with Gasteiger partial charge in [0.05, 0.1) is 11.2 Å². The number of hydrogen-bond acceptors (Lipinski definition) is 2. The van der Waals surface area contributed by atoms with Gasteiger partial charge in [0.1, 0.15) is 0 Å². The molecule has 0 aliphatic carbocycles. The van der Waals surface area contributed by atoms with Gasteiger partial charge in [-0.05, 0) is 44.3 Å².